The van der Waals surface area contributed by atoms with E-state index in [1.54, 1.807) is 11.3 Å². The monoisotopic (exact) mass is 213 g/mol. The van der Waals surface area contributed by atoms with Gasteiger partial charge in [-0.05, 0) is 6.42 Å². The molecule has 0 fully saturated rings. The average Bonchev–Trinajstić information content (AvgIpc) is 2.62. The van der Waals surface area contributed by atoms with Crippen LogP contribution in [0.4, 0.5) is 0 Å². The first-order valence-corrected chi connectivity index (χ1v) is 5.67. The molecule has 1 unspecified atom stereocenters. The third kappa shape index (κ3) is 3.10. The molecule has 4 heteroatoms. The summed E-state index contributed by atoms with van der Waals surface area (Å²) in [5.41, 5.74) is 0.910. The van der Waals surface area contributed by atoms with Gasteiger partial charge in [-0.25, -0.2) is 4.98 Å². The molecule has 1 heterocycles. The van der Waals surface area contributed by atoms with Crippen molar-refractivity contribution in [2.75, 3.05) is 0 Å². The third-order valence-electron chi connectivity index (χ3n) is 2.20. The van der Waals surface area contributed by atoms with E-state index in [9.17, 15) is 4.79 Å². The van der Waals surface area contributed by atoms with Gasteiger partial charge in [-0.15, -0.1) is 11.3 Å². The number of aryl methyl sites for hydroxylation is 1. The zero-order valence-electron chi connectivity index (χ0n) is 8.49. The molecule has 0 spiro atoms. The van der Waals surface area contributed by atoms with E-state index < -0.39 is 5.97 Å². The average molecular weight is 213 g/mol. The highest BCUT2D eigenvalue weighted by Gasteiger charge is 2.09. The number of thiazole rings is 1. The highest BCUT2D eigenvalue weighted by Crippen LogP contribution is 2.22. The number of aliphatic carboxylic acids is 1. The van der Waals surface area contributed by atoms with E-state index in [1.807, 2.05) is 5.38 Å². The van der Waals surface area contributed by atoms with Crippen LogP contribution < -0.4 is 0 Å². The van der Waals surface area contributed by atoms with Crippen LogP contribution in [-0.2, 0) is 11.2 Å². The van der Waals surface area contributed by atoms with Crippen molar-refractivity contribution in [2.45, 2.75) is 39.0 Å². The van der Waals surface area contributed by atoms with E-state index in [0.29, 0.717) is 12.3 Å². The van der Waals surface area contributed by atoms with Gasteiger partial charge in [-0.1, -0.05) is 13.8 Å². The molecule has 0 amide bonds. The summed E-state index contributed by atoms with van der Waals surface area (Å²) in [7, 11) is 0. The molecule has 0 aliphatic rings. The Morgan fingerprint density at radius 2 is 2.43 bits per heavy atom. The summed E-state index contributed by atoms with van der Waals surface area (Å²) < 4.78 is 0. The SMILES string of the molecule is CCC(C)c1nc(CCC(=O)O)cs1. The molecule has 14 heavy (non-hydrogen) atoms. The highest BCUT2D eigenvalue weighted by molar-refractivity contribution is 7.09. The minimum Gasteiger partial charge on any atom is -0.481 e. The summed E-state index contributed by atoms with van der Waals surface area (Å²) in [6.07, 6.45) is 1.79. The van der Waals surface area contributed by atoms with Gasteiger partial charge in [0.05, 0.1) is 17.1 Å². The Morgan fingerprint density at radius 3 is 3.00 bits per heavy atom. The van der Waals surface area contributed by atoms with Crippen molar-refractivity contribution < 1.29 is 9.90 Å². The first-order chi connectivity index (χ1) is 6.63. The van der Waals surface area contributed by atoms with Gasteiger partial charge in [0.15, 0.2) is 0 Å². The first-order valence-electron chi connectivity index (χ1n) is 4.79. The second-order valence-electron chi connectivity index (χ2n) is 3.38. The van der Waals surface area contributed by atoms with Crippen molar-refractivity contribution in [1.29, 1.82) is 0 Å². The molecule has 0 radical (unpaired) electrons. The number of carbonyl (C=O) groups is 1. The zero-order chi connectivity index (χ0) is 10.6. The smallest absolute Gasteiger partial charge is 0.303 e. The minimum atomic E-state index is -0.761. The molecule has 0 saturated heterocycles. The Kier molecular flexibility index (Phi) is 4.07. The predicted molar refractivity (Wildman–Crippen MR) is 56.8 cm³/mol. The van der Waals surface area contributed by atoms with Crippen LogP contribution in [0.15, 0.2) is 5.38 Å². The van der Waals surface area contributed by atoms with E-state index in [1.165, 1.54) is 0 Å². The summed E-state index contributed by atoms with van der Waals surface area (Å²) in [4.78, 5) is 14.8. The summed E-state index contributed by atoms with van der Waals surface area (Å²) >= 11 is 1.63. The normalized spacial score (nSPS) is 12.7. The fourth-order valence-corrected chi connectivity index (χ4v) is 2.07. The van der Waals surface area contributed by atoms with Gasteiger partial charge in [-0.2, -0.15) is 0 Å². The van der Waals surface area contributed by atoms with Crippen molar-refractivity contribution >= 4 is 17.3 Å². The van der Waals surface area contributed by atoms with Crippen LogP contribution in [0.2, 0.25) is 0 Å². The Morgan fingerprint density at radius 1 is 1.71 bits per heavy atom. The number of carboxylic acids is 1. The Hall–Kier alpha value is -0.900. The van der Waals surface area contributed by atoms with Gasteiger partial charge >= 0.3 is 5.97 Å². The number of hydrogen-bond donors (Lipinski definition) is 1. The number of hydrogen-bond acceptors (Lipinski definition) is 3. The maximum absolute atomic E-state index is 10.3. The summed E-state index contributed by atoms with van der Waals surface area (Å²) in [5, 5.41) is 11.6. The molecule has 1 N–H and O–H groups in total. The number of rotatable bonds is 5. The van der Waals surface area contributed by atoms with Gasteiger partial charge in [0, 0.05) is 17.7 Å². The molecule has 1 rings (SSSR count). The van der Waals surface area contributed by atoms with E-state index in [2.05, 4.69) is 18.8 Å². The molecule has 0 saturated carbocycles. The molecular weight excluding hydrogens is 198 g/mol. The molecule has 1 aromatic heterocycles. The molecule has 3 nitrogen and oxygen atoms in total. The summed E-state index contributed by atoms with van der Waals surface area (Å²) in [6, 6.07) is 0. The van der Waals surface area contributed by atoms with Crippen molar-refractivity contribution in [3.8, 4) is 0 Å². The second kappa shape index (κ2) is 5.10. The van der Waals surface area contributed by atoms with Gasteiger partial charge in [0.1, 0.15) is 0 Å². The number of aromatic nitrogens is 1. The minimum absolute atomic E-state index is 0.170. The van der Waals surface area contributed by atoms with Crippen LogP contribution >= 0.6 is 11.3 Å². The van der Waals surface area contributed by atoms with Crippen LogP contribution in [0.3, 0.4) is 0 Å². The molecule has 78 valence electrons. The quantitative estimate of drug-likeness (QED) is 0.818. The lowest BCUT2D eigenvalue weighted by atomic mass is 10.1. The molecular formula is C10H15NO2S. The van der Waals surface area contributed by atoms with Crippen LogP contribution in [0.25, 0.3) is 0 Å². The van der Waals surface area contributed by atoms with Crippen LogP contribution in [0, 0.1) is 0 Å². The van der Waals surface area contributed by atoms with Crippen LogP contribution in [0.1, 0.15) is 43.3 Å². The number of carboxylic acid groups (broad SMARTS) is 1. The third-order valence-corrected chi connectivity index (χ3v) is 3.32. The summed E-state index contributed by atoms with van der Waals surface area (Å²) in [6.45, 7) is 4.27. The van der Waals surface area contributed by atoms with Gasteiger partial charge < -0.3 is 5.11 Å². The molecule has 1 aromatic rings. The first kappa shape index (κ1) is 11.2. The van der Waals surface area contributed by atoms with Crippen molar-refractivity contribution in [3.05, 3.63) is 16.1 Å². The van der Waals surface area contributed by atoms with Gasteiger partial charge in [-0.3, -0.25) is 4.79 Å². The van der Waals surface area contributed by atoms with Crippen LogP contribution in [0.5, 0.6) is 0 Å². The van der Waals surface area contributed by atoms with Crippen LogP contribution in [-0.4, -0.2) is 16.1 Å². The lowest BCUT2D eigenvalue weighted by Gasteiger charge is -2.01. The zero-order valence-corrected chi connectivity index (χ0v) is 9.30. The Labute approximate surface area is 87.8 Å². The van der Waals surface area contributed by atoms with E-state index in [-0.39, 0.29) is 6.42 Å². The van der Waals surface area contributed by atoms with E-state index in [0.717, 1.165) is 17.1 Å². The maximum Gasteiger partial charge on any atom is 0.303 e. The topological polar surface area (TPSA) is 50.2 Å². The lowest BCUT2D eigenvalue weighted by molar-refractivity contribution is -0.136. The number of nitrogens with zero attached hydrogens (tertiary/aromatic N) is 1. The predicted octanol–water partition coefficient (Wildman–Crippen LogP) is 2.67. The molecule has 0 aliphatic heterocycles. The molecule has 0 aliphatic carbocycles. The Bertz CT molecular complexity index is 309. The van der Waals surface area contributed by atoms with Gasteiger partial charge in [0.2, 0.25) is 0 Å². The van der Waals surface area contributed by atoms with E-state index >= 15 is 0 Å². The highest BCUT2D eigenvalue weighted by atomic mass is 32.1. The second-order valence-corrected chi connectivity index (χ2v) is 4.27. The van der Waals surface area contributed by atoms with Crippen molar-refractivity contribution in [3.63, 3.8) is 0 Å². The summed E-state index contributed by atoms with van der Waals surface area (Å²) in [5.74, 6) is -0.276. The van der Waals surface area contributed by atoms with Crippen molar-refractivity contribution in [2.24, 2.45) is 0 Å². The molecule has 0 aromatic carbocycles. The largest absolute Gasteiger partial charge is 0.481 e. The lowest BCUT2D eigenvalue weighted by Crippen LogP contribution is -1.98. The fraction of sp³-hybridized carbons (Fsp3) is 0.600. The Balaban J connectivity index is 2.54. The fourth-order valence-electron chi connectivity index (χ4n) is 1.07. The van der Waals surface area contributed by atoms with Gasteiger partial charge in [0.25, 0.3) is 0 Å². The van der Waals surface area contributed by atoms with Crippen molar-refractivity contribution in [1.82, 2.24) is 4.98 Å². The molecule has 1 atom stereocenters. The van der Waals surface area contributed by atoms with E-state index in [4.69, 9.17) is 5.11 Å². The standard InChI is InChI=1S/C10H15NO2S/c1-3-7(2)10-11-8(6-14-10)4-5-9(12)13/h6-7H,3-5H2,1-2H3,(H,12,13). The molecule has 0 bridgehead atoms. The maximum atomic E-state index is 10.3.